The summed E-state index contributed by atoms with van der Waals surface area (Å²) in [6, 6.07) is 92.0. The Hall–Kier alpha value is -8.92. The second-order valence-corrected chi connectivity index (χ2v) is 32.2. The van der Waals surface area contributed by atoms with Gasteiger partial charge in [-0.1, -0.05) is 297 Å². The van der Waals surface area contributed by atoms with Crippen molar-refractivity contribution in [2.24, 2.45) is 0 Å². The van der Waals surface area contributed by atoms with Gasteiger partial charge in [0.2, 0.25) is 0 Å². The molecule has 2 nitrogen and oxygen atoms in total. The summed E-state index contributed by atoms with van der Waals surface area (Å²) in [4.78, 5) is 5.30. The minimum atomic E-state index is -0.102. The standard InChI is InChI=1S/C90H89BN2/c1-85(2,3)64-42-34-58(35-43-64)66-24-15-17-26-68(66)62-40-48-76-82(56-62)92(78-30-21-19-28-70(78)60-38-46-72-74(54-60)89(11,12)52-50-87(72,7)8)80-32-23-33-81-84(80)91(76)77-49-41-63(69-27-18-16-25-67(69)59-36-44-65(45-37-59)86(4,5)6)57-83(77)93(81)79-31-22-20-29-71(79)61-39-47-73-75(55-61)90(13,14)53-51-88(73,9)10/h15-49,54-57H,50-53H2,1-14H3. The molecule has 3 heteroatoms. The summed E-state index contributed by atoms with van der Waals surface area (Å²) in [7, 11) is 0. The van der Waals surface area contributed by atoms with Gasteiger partial charge in [0.25, 0.3) is 6.71 Å². The Morgan fingerprint density at radius 1 is 0.269 bits per heavy atom. The Morgan fingerprint density at radius 3 is 0.925 bits per heavy atom. The van der Waals surface area contributed by atoms with Crippen LogP contribution in [0.25, 0.3) is 66.8 Å². The van der Waals surface area contributed by atoms with Crippen LogP contribution in [0.5, 0.6) is 0 Å². The predicted molar refractivity (Wildman–Crippen MR) is 401 cm³/mol. The number of fused-ring (bicyclic) bond motifs is 6. The van der Waals surface area contributed by atoms with Crippen LogP contribution in [0.15, 0.2) is 237 Å². The Bertz CT molecular complexity index is 4470. The molecule has 0 saturated carbocycles. The summed E-state index contributed by atoms with van der Waals surface area (Å²) < 4.78 is 0. The maximum absolute atomic E-state index is 2.65. The average Bonchev–Trinajstić information content (AvgIpc) is 0.698. The number of benzene rings is 11. The monoisotopic (exact) mass is 1210 g/mol. The van der Waals surface area contributed by atoms with Crippen LogP contribution < -0.4 is 26.2 Å². The Morgan fingerprint density at radius 2 is 0.559 bits per heavy atom. The van der Waals surface area contributed by atoms with Gasteiger partial charge < -0.3 is 9.80 Å². The van der Waals surface area contributed by atoms with Gasteiger partial charge in [-0.05, 0) is 200 Å². The van der Waals surface area contributed by atoms with E-state index in [4.69, 9.17) is 0 Å². The predicted octanol–water partition coefficient (Wildman–Crippen LogP) is 23.1. The van der Waals surface area contributed by atoms with Gasteiger partial charge in [-0.25, -0.2) is 0 Å². The molecule has 462 valence electrons. The van der Waals surface area contributed by atoms with E-state index in [0.29, 0.717) is 0 Å². The highest BCUT2D eigenvalue weighted by Crippen LogP contribution is 2.54. The third kappa shape index (κ3) is 10.2. The first-order valence-electron chi connectivity index (χ1n) is 34.3. The van der Waals surface area contributed by atoms with Crippen LogP contribution in [-0.2, 0) is 32.5 Å². The number of para-hydroxylation sites is 2. The zero-order chi connectivity index (χ0) is 64.7. The molecular weight excluding hydrogens is 1120 g/mol. The number of rotatable bonds is 8. The van der Waals surface area contributed by atoms with Gasteiger partial charge in [-0.3, -0.25) is 0 Å². The van der Waals surface area contributed by atoms with Crippen LogP contribution in [0.3, 0.4) is 0 Å². The van der Waals surface area contributed by atoms with E-state index in [9.17, 15) is 0 Å². The van der Waals surface area contributed by atoms with Gasteiger partial charge in [0.1, 0.15) is 0 Å². The normalized spacial score (nSPS) is 16.4. The molecule has 2 aliphatic heterocycles. The smallest absolute Gasteiger partial charge is 0.252 e. The van der Waals surface area contributed by atoms with Gasteiger partial charge in [-0.2, -0.15) is 0 Å². The van der Waals surface area contributed by atoms with Crippen molar-refractivity contribution in [1.82, 2.24) is 0 Å². The molecule has 11 aromatic carbocycles. The Labute approximate surface area is 555 Å². The van der Waals surface area contributed by atoms with Crippen molar-refractivity contribution in [1.29, 1.82) is 0 Å². The molecular formula is C90H89BN2. The maximum Gasteiger partial charge on any atom is 0.252 e. The van der Waals surface area contributed by atoms with Crippen molar-refractivity contribution < 1.29 is 0 Å². The molecule has 0 unspecified atom stereocenters. The van der Waals surface area contributed by atoms with Gasteiger partial charge in [0.05, 0.1) is 11.4 Å². The topological polar surface area (TPSA) is 6.48 Å². The lowest BCUT2D eigenvalue weighted by molar-refractivity contribution is 0.332. The molecule has 2 aliphatic carbocycles. The minimum Gasteiger partial charge on any atom is -0.311 e. The van der Waals surface area contributed by atoms with Crippen molar-refractivity contribution in [2.75, 3.05) is 9.80 Å². The SMILES string of the molecule is CC(C)(C)c1ccc(-c2ccccc2-c2ccc3c(c2)N(c2ccccc2-c2ccc4c(c2)C(C)(C)CCC4(C)C)c2cccc4c2B3c2ccc(-c3ccccc3-c3ccc(C(C)(C)C)cc3)cc2N4c2ccccc2-c2ccc3c(c2)C(C)(C)CCC3(C)C)cc1. The number of anilines is 6. The van der Waals surface area contributed by atoms with Crippen LogP contribution >= 0.6 is 0 Å². The van der Waals surface area contributed by atoms with Crippen molar-refractivity contribution in [3.63, 3.8) is 0 Å². The summed E-state index contributed by atoms with van der Waals surface area (Å²) >= 11 is 0. The third-order valence-corrected chi connectivity index (χ3v) is 22.2. The van der Waals surface area contributed by atoms with E-state index >= 15 is 0 Å². The molecule has 0 amide bonds. The van der Waals surface area contributed by atoms with E-state index in [1.807, 2.05) is 0 Å². The zero-order valence-corrected chi connectivity index (χ0v) is 57.3. The van der Waals surface area contributed by atoms with Crippen LogP contribution in [0.4, 0.5) is 34.1 Å². The van der Waals surface area contributed by atoms with Crippen LogP contribution in [0.1, 0.15) is 156 Å². The zero-order valence-electron chi connectivity index (χ0n) is 57.3. The average molecular weight is 1210 g/mol. The highest BCUT2D eigenvalue weighted by molar-refractivity contribution is 7.00. The Balaban J connectivity index is 0.987. The molecule has 0 aromatic heterocycles. The van der Waals surface area contributed by atoms with Crippen molar-refractivity contribution in [3.8, 4) is 66.8 Å². The fraction of sp³-hybridized carbons (Fsp3) is 0.267. The lowest BCUT2D eigenvalue weighted by atomic mass is 9.33. The summed E-state index contributed by atoms with van der Waals surface area (Å²) in [5, 5.41) is 0. The van der Waals surface area contributed by atoms with Crippen LogP contribution in [0.2, 0.25) is 0 Å². The first-order valence-corrected chi connectivity index (χ1v) is 34.3. The lowest BCUT2D eigenvalue weighted by Gasteiger charge is -2.45. The van der Waals surface area contributed by atoms with E-state index in [0.717, 1.165) is 12.8 Å². The molecule has 0 atom stereocenters. The molecule has 0 fully saturated rings. The van der Waals surface area contributed by atoms with E-state index in [-0.39, 0.29) is 39.2 Å². The van der Waals surface area contributed by atoms with E-state index in [2.05, 4.69) is 343 Å². The second-order valence-electron chi connectivity index (χ2n) is 32.2. The fourth-order valence-corrected chi connectivity index (χ4v) is 16.4. The summed E-state index contributed by atoms with van der Waals surface area (Å²) in [5.41, 5.74) is 34.6. The summed E-state index contributed by atoms with van der Waals surface area (Å²) in [6.07, 6.45) is 4.67. The van der Waals surface area contributed by atoms with Crippen LogP contribution in [-0.4, -0.2) is 6.71 Å². The fourth-order valence-electron chi connectivity index (χ4n) is 16.4. The van der Waals surface area contributed by atoms with Gasteiger partial charge in [0.15, 0.2) is 0 Å². The molecule has 93 heavy (non-hydrogen) atoms. The molecule has 0 bridgehead atoms. The van der Waals surface area contributed by atoms with Crippen molar-refractivity contribution in [3.05, 3.63) is 270 Å². The third-order valence-electron chi connectivity index (χ3n) is 22.2. The Kier molecular flexibility index (Phi) is 14.2. The largest absolute Gasteiger partial charge is 0.311 e. The van der Waals surface area contributed by atoms with Crippen molar-refractivity contribution >= 4 is 57.2 Å². The van der Waals surface area contributed by atoms with E-state index < -0.39 is 0 Å². The molecule has 0 spiro atoms. The van der Waals surface area contributed by atoms with Crippen molar-refractivity contribution in [2.45, 2.75) is 155 Å². The molecule has 2 heterocycles. The van der Waals surface area contributed by atoms with Crippen LogP contribution in [0, 0.1) is 0 Å². The first-order chi connectivity index (χ1) is 44.4. The lowest BCUT2D eigenvalue weighted by Crippen LogP contribution is -2.61. The molecule has 0 saturated heterocycles. The molecule has 4 aliphatic rings. The highest BCUT2D eigenvalue weighted by atomic mass is 15.2. The second kappa shape index (κ2) is 21.8. The van der Waals surface area contributed by atoms with Gasteiger partial charge in [-0.15, -0.1) is 0 Å². The first kappa shape index (κ1) is 60.3. The minimum absolute atomic E-state index is 0.0489. The number of hydrogen-bond donors (Lipinski definition) is 0. The van der Waals surface area contributed by atoms with E-state index in [1.54, 1.807) is 0 Å². The summed E-state index contributed by atoms with van der Waals surface area (Å²) in [5.74, 6) is 0. The maximum atomic E-state index is 2.65. The van der Waals surface area contributed by atoms with Gasteiger partial charge in [0, 0.05) is 33.9 Å². The number of nitrogens with zero attached hydrogens (tertiary/aromatic N) is 2. The molecule has 0 N–H and O–H groups in total. The number of hydrogen-bond acceptors (Lipinski definition) is 2. The molecule has 11 aromatic rings. The quantitative estimate of drug-likeness (QED) is 0.140. The molecule has 15 rings (SSSR count). The van der Waals surface area contributed by atoms with Gasteiger partial charge >= 0.3 is 0 Å². The molecule has 0 radical (unpaired) electrons. The highest BCUT2D eigenvalue weighted by Gasteiger charge is 2.45. The summed E-state index contributed by atoms with van der Waals surface area (Å²) in [6.45, 7) is 33.2. The van der Waals surface area contributed by atoms with E-state index in [1.165, 1.54) is 163 Å².